The Kier molecular flexibility index (Phi) is 6.45. The SMILES string of the molecule is CN(C)C(=O)CN1CCC(NC(=O)c2ccc(-n3ccc(C(F)(F)F)n3)cc2)CC1. The summed E-state index contributed by atoms with van der Waals surface area (Å²) in [5.74, 6) is -0.182. The maximum absolute atomic E-state index is 12.7. The maximum Gasteiger partial charge on any atom is 0.435 e. The van der Waals surface area contributed by atoms with Crippen LogP contribution < -0.4 is 5.32 Å². The molecule has 3 rings (SSSR count). The van der Waals surface area contributed by atoms with E-state index >= 15 is 0 Å². The molecule has 162 valence electrons. The number of halogens is 3. The molecule has 0 aliphatic carbocycles. The average molecular weight is 423 g/mol. The number of hydrogen-bond acceptors (Lipinski definition) is 4. The lowest BCUT2D eigenvalue weighted by molar-refractivity contribution is -0.141. The molecule has 2 aromatic rings. The largest absolute Gasteiger partial charge is 0.435 e. The molecule has 7 nitrogen and oxygen atoms in total. The van der Waals surface area contributed by atoms with Crippen molar-refractivity contribution in [2.24, 2.45) is 0 Å². The molecule has 2 heterocycles. The standard InChI is InChI=1S/C20H24F3N5O2/c1-26(2)18(29)13-27-10-7-15(8-11-27)24-19(30)14-3-5-16(6-4-14)28-12-9-17(25-28)20(21,22)23/h3-6,9,12,15H,7-8,10-11,13H2,1-2H3,(H,24,30). The van der Waals surface area contributed by atoms with Crippen LogP contribution in [0.3, 0.4) is 0 Å². The van der Waals surface area contributed by atoms with E-state index in [1.54, 1.807) is 43.3 Å². The Morgan fingerprint density at radius 3 is 2.30 bits per heavy atom. The minimum atomic E-state index is -4.50. The Morgan fingerprint density at radius 2 is 1.77 bits per heavy atom. The molecule has 0 saturated carbocycles. The van der Waals surface area contributed by atoms with Crippen molar-refractivity contribution < 1.29 is 22.8 Å². The third-order valence-corrected chi connectivity index (χ3v) is 5.05. The van der Waals surface area contributed by atoms with Crippen molar-refractivity contribution in [3.63, 3.8) is 0 Å². The summed E-state index contributed by atoms with van der Waals surface area (Å²) in [5, 5.41) is 6.50. The number of aromatic nitrogens is 2. The molecule has 0 spiro atoms. The van der Waals surface area contributed by atoms with Gasteiger partial charge >= 0.3 is 6.18 Å². The van der Waals surface area contributed by atoms with Gasteiger partial charge in [-0.3, -0.25) is 14.5 Å². The van der Waals surface area contributed by atoms with Crippen LogP contribution in [0.25, 0.3) is 5.69 Å². The number of hydrogen-bond donors (Lipinski definition) is 1. The number of piperidine rings is 1. The molecule has 1 fully saturated rings. The predicted molar refractivity (Wildman–Crippen MR) is 104 cm³/mol. The topological polar surface area (TPSA) is 70.5 Å². The van der Waals surface area contributed by atoms with Gasteiger partial charge in [0.05, 0.1) is 12.2 Å². The van der Waals surface area contributed by atoms with Crippen molar-refractivity contribution in [2.75, 3.05) is 33.7 Å². The van der Waals surface area contributed by atoms with Gasteiger partial charge in [0.2, 0.25) is 5.91 Å². The van der Waals surface area contributed by atoms with Gasteiger partial charge in [0.1, 0.15) is 0 Å². The van der Waals surface area contributed by atoms with Gasteiger partial charge in [-0.2, -0.15) is 18.3 Å². The van der Waals surface area contributed by atoms with Gasteiger partial charge in [0.15, 0.2) is 5.69 Å². The molecular formula is C20H24F3N5O2. The van der Waals surface area contributed by atoms with Crippen LogP contribution in [-0.4, -0.2) is 71.2 Å². The van der Waals surface area contributed by atoms with E-state index in [0.717, 1.165) is 36.7 Å². The van der Waals surface area contributed by atoms with Gasteiger partial charge in [-0.15, -0.1) is 0 Å². The van der Waals surface area contributed by atoms with Crippen LogP contribution in [-0.2, 0) is 11.0 Å². The molecule has 10 heteroatoms. The number of alkyl halides is 3. The summed E-state index contributed by atoms with van der Waals surface area (Å²) >= 11 is 0. The second-order valence-electron chi connectivity index (χ2n) is 7.50. The van der Waals surface area contributed by atoms with Gasteiger partial charge in [-0.1, -0.05) is 0 Å². The first kappa shape index (κ1) is 21.8. The predicted octanol–water partition coefficient (Wildman–Crippen LogP) is 2.17. The summed E-state index contributed by atoms with van der Waals surface area (Å²) < 4.78 is 39.2. The summed E-state index contributed by atoms with van der Waals surface area (Å²) in [6.07, 6.45) is -1.77. The molecule has 0 bridgehead atoms. The Hall–Kier alpha value is -2.88. The molecule has 1 aromatic heterocycles. The van der Waals surface area contributed by atoms with Crippen molar-refractivity contribution in [2.45, 2.75) is 25.1 Å². The number of carbonyl (C=O) groups is 2. The molecular weight excluding hydrogens is 399 g/mol. The minimum Gasteiger partial charge on any atom is -0.349 e. The highest BCUT2D eigenvalue weighted by Crippen LogP contribution is 2.27. The molecule has 1 aromatic carbocycles. The highest BCUT2D eigenvalue weighted by atomic mass is 19.4. The van der Waals surface area contributed by atoms with E-state index < -0.39 is 11.9 Å². The molecule has 1 saturated heterocycles. The van der Waals surface area contributed by atoms with Crippen LogP contribution in [0.4, 0.5) is 13.2 Å². The zero-order valence-electron chi connectivity index (χ0n) is 16.8. The Balaban J connectivity index is 1.53. The van der Waals surface area contributed by atoms with E-state index in [9.17, 15) is 22.8 Å². The van der Waals surface area contributed by atoms with Gasteiger partial charge < -0.3 is 10.2 Å². The van der Waals surface area contributed by atoms with Gasteiger partial charge in [-0.25, -0.2) is 4.68 Å². The summed E-state index contributed by atoms with van der Waals surface area (Å²) in [5.41, 5.74) is -0.115. The third kappa shape index (κ3) is 5.38. The Bertz CT molecular complexity index is 885. The quantitative estimate of drug-likeness (QED) is 0.800. The Labute approximate surface area is 172 Å². The van der Waals surface area contributed by atoms with Gasteiger partial charge in [0, 0.05) is 45.0 Å². The van der Waals surface area contributed by atoms with Crippen LogP contribution in [0.1, 0.15) is 28.9 Å². The molecule has 2 amide bonds. The number of amides is 2. The number of likely N-dealkylation sites (N-methyl/N-ethyl adjacent to an activating group) is 1. The molecule has 0 atom stereocenters. The van der Waals surface area contributed by atoms with Crippen LogP contribution in [0.15, 0.2) is 36.5 Å². The summed E-state index contributed by atoms with van der Waals surface area (Å²) in [7, 11) is 3.45. The lowest BCUT2D eigenvalue weighted by Crippen LogP contribution is -2.47. The number of carbonyl (C=O) groups excluding carboxylic acids is 2. The zero-order valence-corrected chi connectivity index (χ0v) is 16.8. The molecule has 30 heavy (non-hydrogen) atoms. The maximum atomic E-state index is 12.7. The second-order valence-corrected chi connectivity index (χ2v) is 7.50. The lowest BCUT2D eigenvalue weighted by Gasteiger charge is -2.32. The van der Waals surface area contributed by atoms with Crippen molar-refractivity contribution in [3.05, 3.63) is 47.8 Å². The fraction of sp³-hybridized carbons (Fsp3) is 0.450. The average Bonchev–Trinajstić information content (AvgIpc) is 3.20. The first-order chi connectivity index (χ1) is 14.1. The van der Waals surface area contributed by atoms with E-state index in [0.29, 0.717) is 17.8 Å². The monoisotopic (exact) mass is 423 g/mol. The van der Waals surface area contributed by atoms with Crippen LogP contribution in [0, 0.1) is 0 Å². The fourth-order valence-corrected chi connectivity index (χ4v) is 3.22. The minimum absolute atomic E-state index is 0.0170. The van der Waals surface area contributed by atoms with Crippen LogP contribution in [0.5, 0.6) is 0 Å². The molecule has 1 aliphatic heterocycles. The summed E-state index contributed by atoms with van der Waals surface area (Å²) in [6.45, 7) is 1.83. The second kappa shape index (κ2) is 8.86. The van der Waals surface area contributed by atoms with E-state index in [4.69, 9.17) is 0 Å². The first-order valence-corrected chi connectivity index (χ1v) is 9.60. The number of nitrogens with zero attached hydrogens (tertiary/aromatic N) is 4. The number of likely N-dealkylation sites (tertiary alicyclic amines) is 1. The van der Waals surface area contributed by atoms with Gasteiger partial charge in [-0.05, 0) is 43.2 Å². The molecule has 1 N–H and O–H groups in total. The normalized spacial score (nSPS) is 15.8. The lowest BCUT2D eigenvalue weighted by atomic mass is 10.0. The summed E-state index contributed by atoms with van der Waals surface area (Å²) in [6, 6.07) is 7.15. The fourth-order valence-electron chi connectivity index (χ4n) is 3.22. The molecule has 1 aliphatic rings. The van der Waals surface area contributed by atoms with E-state index in [2.05, 4.69) is 15.3 Å². The summed E-state index contributed by atoms with van der Waals surface area (Å²) in [4.78, 5) is 27.9. The zero-order chi connectivity index (χ0) is 21.9. The molecule has 0 unspecified atom stereocenters. The highest BCUT2D eigenvalue weighted by molar-refractivity contribution is 5.94. The van der Waals surface area contributed by atoms with Crippen molar-refractivity contribution in [3.8, 4) is 5.69 Å². The first-order valence-electron chi connectivity index (χ1n) is 9.60. The molecule has 0 radical (unpaired) electrons. The van der Waals surface area contributed by atoms with Crippen molar-refractivity contribution in [1.82, 2.24) is 24.9 Å². The van der Waals surface area contributed by atoms with E-state index in [1.165, 1.54) is 6.20 Å². The Morgan fingerprint density at radius 1 is 1.13 bits per heavy atom. The highest BCUT2D eigenvalue weighted by Gasteiger charge is 2.33. The van der Waals surface area contributed by atoms with Crippen LogP contribution >= 0.6 is 0 Å². The number of benzene rings is 1. The smallest absolute Gasteiger partial charge is 0.349 e. The van der Waals surface area contributed by atoms with E-state index in [1.807, 2.05) is 0 Å². The number of nitrogens with one attached hydrogen (secondary N) is 1. The van der Waals surface area contributed by atoms with Crippen LogP contribution in [0.2, 0.25) is 0 Å². The third-order valence-electron chi connectivity index (χ3n) is 5.05. The van der Waals surface area contributed by atoms with Crippen molar-refractivity contribution in [1.29, 1.82) is 0 Å². The number of rotatable bonds is 5. The van der Waals surface area contributed by atoms with Gasteiger partial charge in [0.25, 0.3) is 5.91 Å². The van der Waals surface area contributed by atoms with Crippen molar-refractivity contribution >= 4 is 11.8 Å². The van der Waals surface area contributed by atoms with E-state index in [-0.39, 0.29) is 17.9 Å².